The van der Waals surface area contributed by atoms with Gasteiger partial charge < -0.3 is 13.7 Å². The molecule has 0 fully saturated rings. The molecule has 0 aliphatic carbocycles. The summed E-state index contributed by atoms with van der Waals surface area (Å²) in [5, 5.41) is 6.73. The summed E-state index contributed by atoms with van der Waals surface area (Å²) >= 11 is 0. The van der Waals surface area contributed by atoms with Crippen molar-refractivity contribution in [3.05, 3.63) is 224 Å². The van der Waals surface area contributed by atoms with Crippen LogP contribution in [0.25, 0.3) is 99.2 Å². The molecule has 0 N–H and O–H groups in total. The minimum Gasteiger partial charge on any atom is -0.456 e. The summed E-state index contributed by atoms with van der Waals surface area (Å²) in [6.07, 6.45) is 0. The van der Waals surface area contributed by atoms with Crippen LogP contribution < -0.4 is 4.90 Å². The second-order valence-electron chi connectivity index (χ2n) is 15.6. The minimum atomic E-state index is 0.849. The third-order valence-corrected chi connectivity index (χ3v) is 12.1. The van der Waals surface area contributed by atoms with E-state index in [-0.39, 0.29) is 0 Å². The lowest BCUT2D eigenvalue weighted by Crippen LogP contribution is -2.10. The molecule has 0 aliphatic rings. The fourth-order valence-corrected chi connectivity index (χ4v) is 9.20. The summed E-state index contributed by atoms with van der Waals surface area (Å²) in [7, 11) is 0. The Hall–Kier alpha value is -8.14. The van der Waals surface area contributed by atoms with Crippen molar-refractivity contribution in [1.29, 1.82) is 0 Å². The summed E-state index contributed by atoms with van der Waals surface area (Å²) in [5.74, 6) is 0. The number of furan rings is 2. The van der Waals surface area contributed by atoms with Crippen LogP contribution in [-0.4, -0.2) is 0 Å². The number of para-hydroxylation sites is 1. The van der Waals surface area contributed by atoms with Gasteiger partial charge in [-0.1, -0.05) is 164 Å². The van der Waals surface area contributed by atoms with Crippen molar-refractivity contribution in [1.82, 2.24) is 0 Å². The molecule has 0 unspecified atom stereocenters. The van der Waals surface area contributed by atoms with E-state index in [2.05, 4.69) is 217 Å². The van der Waals surface area contributed by atoms with Gasteiger partial charge in [0.1, 0.15) is 22.3 Å². The number of nitrogens with zero attached hydrogens (tertiary/aromatic N) is 1. The lowest BCUT2D eigenvalue weighted by atomic mass is 9.89. The van der Waals surface area contributed by atoms with E-state index in [1.807, 2.05) is 12.1 Å². The molecule has 0 saturated heterocycles. The summed E-state index contributed by atoms with van der Waals surface area (Å²) in [6, 6.07) is 79.8. The maximum atomic E-state index is 6.79. The third kappa shape index (κ3) is 5.90. The zero-order chi connectivity index (χ0) is 40.3. The van der Waals surface area contributed by atoms with Gasteiger partial charge >= 0.3 is 0 Å². The van der Waals surface area contributed by atoms with Crippen molar-refractivity contribution in [2.45, 2.75) is 0 Å². The highest BCUT2D eigenvalue weighted by Crippen LogP contribution is 2.48. The lowest BCUT2D eigenvalue weighted by molar-refractivity contribution is 0.669. The fourth-order valence-electron chi connectivity index (χ4n) is 9.20. The highest BCUT2D eigenvalue weighted by molar-refractivity contribution is 6.17. The molecule has 2 heterocycles. The van der Waals surface area contributed by atoms with Crippen molar-refractivity contribution in [3.8, 4) is 44.5 Å². The Morgan fingerprint density at radius 2 is 0.918 bits per heavy atom. The van der Waals surface area contributed by atoms with Crippen LogP contribution in [0, 0.1) is 0 Å². The molecule has 286 valence electrons. The molecule has 0 saturated carbocycles. The second kappa shape index (κ2) is 14.3. The number of anilines is 3. The SMILES string of the molecule is c1ccc(-c2ccc3c(c2)oc2ccc(N(c4ccc(-c5ccc6ccccc6c5-c5ccccc5)cc4)c4ccc(-c5ccccc5)c5oc6ccccc6c45)cc23)cc1. The van der Waals surface area contributed by atoms with Gasteiger partial charge in [-0.2, -0.15) is 0 Å². The molecule has 3 heteroatoms. The Morgan fingerprint density at radius 3 is 1.70 bits per heavy atom. The van der Waals surface area contributed by atoms with Gasteiger partial charge in [0.15, 0.2) is 0 Å². The van der Waals surface area contributed by atoms with E-state index in [0.717, 1.165) is 88.8 Å². The zero-order valence-electron chi connectivity index (χ0n) is 33.1. The molecule has 3 nitrogen and oxygen atoms in total. The Labute approximate surface area is 353 Å². The molecule has 0 bridgehead atoms. The Balaban J connectivity index is 1.07. The van der Waals surface area contributed by atoms with E-state index in [1.54, 1.807) is 0 Å². The van der Waals surface area contributed by atoms with Crippen molar-refractivity contribution in [3.63, 3.8) is 0 Å². The molecule has 0 spiro atoms. The molecule has 61 heavy (non-hydrogen) atoms. The monoisotopic (exact) mass is 779 g/mol. The smallest absolute Gasteiger partial charge is 0.145 e. The summed E-state index contributed by atoms with van der Waals surface area (Å²) in [4.78, 5) is 2.37. The molecular formula is C58H37NO2. The first-order chi connectivity index (χ1) is 30.2. The van der Waals surface area contributed by atoms with Gasteiger partial charge in [0.05, 0.1) is 11.1 Å². The Bertz CT molecular complexity index is 3570. The first-order valence-electron chi connectivity index (χ1n) is 20.7. The third-order valence-electron chi connectivity index (χ3n) is 12.1. The van der Waals surface area contributed by atoms with E-state index >= 15 is 0 Å². The van der Waals surface area contributed by atoms with Crippen LogP contribution in [0.4, 0.5) is 17.1 Å². The van der Waals surface area contributed by atoms with E-state index < -0.39 is 0 Å². The molecule has 0 atom stereocenters. The quantitative estimate of drug-likeness (QED) is 0.161. The van der Waals surface area contributed by atoms with E-state index in [9.17, 15) is 0 Å². The van der Waals surface area contributed by atoms with Crippen LogP contribution in [0.1, 0.15) is 0 Å². The van der Waals surface area contributed by atoms with Crippen molar-refractivity contribution in [2.24, 2.45) is 0 Å². The Kier molecular flexibility index (Phi) is 8.17. The van der Waals surface area contributed by atoms with Gasteiger partial charge in [-0.15, -0.1) is 0 Å². The van der Waals surface area contributed by atoms with Crippen LogP contribution in [-0.2, 0) is 0 Å². The highest BCUT2D eigenvalue weighted by Gasteiger charge is 2.23. The predicted molar refractivity (Wildman–Crippen MR) is 255 cm³/mol. The van der Waals surface area contributed by atoms with E-state index in [1.165, 1.54) is 27.5 Å². The van der Waals surface area contributed by atoms with Crippen LogP contribution in [0.15, 0.2) is 233 Å². The number of hydrogen-bond donors (Lipinski definition) is 0. The first kappa shape index (κ1) is 34.9. The fraction of sp³-hybridized carbons (Fsp3) is 0. The van der Waals surface area contributed by atoms with Crippen LogP contribution in [0.3, 0.4) is 0 Å². The predicted octanol–water partition coefficient (Wildman–Crippen LogP) is 16.8. The van der Waals surface area contributed by atoms with E-state index in [0.29, 0.717) is 0 Å². The molecule has 10 aromatic carbocycles. The summed E-state index contributed by atoms with van der Waals surface area (Å²) in [6.45, 7) is 0. The summed E-state index contributed by atoms with van der Waals surface area (Å²) in [5.41, 5.74) is 15.7. The second-order valence-corrected chi connectivity index (χ2v) is 15.6. The van der Waals surface area contributed by atoms with Crippen molar-refractivity contribution >= 4 is 71.7 Å². The molecule has 12 rings (SSSR count). The van der Waals surface area contributed by atoms with Gasteiger partial charge in [-0.05, 0) is 110 Å². The number of rotatable bonds is 7. The van der Waals surface area contributed by atoms with Crippen LogP contribution in [0.2, 0.25) is 0 Å². The average molecular weight is 780 g/mol. The van der Waals surface area contributed by atoms with Crippen LogP contribution in [0.5, 0.6) is 0 Å². The van der Waals surface area contributed by atoms with Gasteiger partial charge in [0.25, 0.3) is 0 Å². The Morgan fingerprint density at radius 1 is 0.311 bits per heavy atom. The molecule has 0 amide bonds. The average Bonchev–Trinajstić information content (AvgIpc) is 3.91. The van der Waals surface area contributed by atoms with Crippen LogP contribution >= 0.6 is 0 Å². The molecular weight excluding hydrogens is 743 g/mol. The standard InChI is InChI=1S/C58H37NO2/c1-4-14-38(15-5-1)43-27-32-49-51-37-45(30-35-54(51)60-55(49)36-43)59(52-34-33-48(39-16-6-2-7-17-39)58-57(52)50-22-12-13-23-53(50)61-58)44-28-24-41(25-29-44)47-31-26-40-18-10-11-21-46(40)56(47)42-19-8-3-9-20-42/h1-37H. The maximum Gasteiger partial charge on any atom is 0.145 e. The van der Waals surface area contributed by atoms with Gasteiger partial charge in [-0.3, -0.25) is 0 Å². The van der Waals surface area contributed by atoms with E-state index in [4.69, 9.17) is 8.83 Å². The zero-order valence-corrected chi connectivity index (χ0v) is 33.1. The molecule has 0 radical (unpaired) electrons. The highest BCUT2D eigenvalue weighted by atomic mass is 16.3. The molecule has 12 aromatic rings. The number of fused-ring (bicyclic) bond motifs is 7. The largest absolute Gasteiger partial charge is 0.456 e. The lowest BCUT2D eigenvalue weighted by Gasteiger charge is -2.27. The van der Waals surface area contributed by atoms with Gasteiger partial charge in [0.2, 0.25) is 0 Å². The van der Waals surface area contributed by atoms with Gasteiger partial charge in [-0.25, -0.2) is 0 Å². The maximum absolute atomic E-state index is 6.79. The van der Waals surface area contributed by atoms with Gasteiger partial charge in [0, 0.05) is 33.1 Å². The summed E-state index contributed by atoms with van der Waals surface area (Å²) < 4.78 is 13.3. The molecule has 0 aliphatic heterocycles. The van der Waals surface area contributed by atoms with Crippen molar-refractivity contribution in [2.75, 3.05) is 4.90 Å². The molecule has 2 aromatic heterocycles. The number of benzene rings is 10. The van der Waals surface area contributed by atoms with Crippen molar-refractivity contribution < 1.29 is 8.83 Å². The minimum absolute atomic E-state index is 0.849. The topological polar surface area (TPSA) is 29.5 Å². The number of hydrogen-bond acceptors (Lipinski definition) is 3. The normalized spacial score (nSPS) is 11.6. The first-order valence-corrected chi connectivity index (χ1v) is 20.7.